The van der Waals surface area contributed by atoms with Gasteiger partial charge >= 0.3 is 5.97 Å². The summed E-state index contributed by atoms with van der Waals surface area (Å²) >= 11 is 0. The third-order valence-electron chi connectivity index (χ3n) is 3.30. The molecule has 25 heavy (non-hydrogen) atoms. The maximum absolute atomic E-state index is 11.5. The maximum Gasteiger partial charge on any atom is 0.303 e. The van der Waals surface area contributed by atoms with E-state index >= 15 is 0 Å². The first-order chi connectivity index (χ1) is 12.0. The lowest BCUT2D eigenvalue weighted by molar-refractivity contribution is -0.137. The lowest BCUT2D eigenvalue weighted by atomic mass is 10.1. The Bertz CT molecular complexity index is 748. The number of hydrogen-bond acceptors (Lipinski definition) is 7. The molecular formula is C15H18N4O6. The number of carboxylic acid groups (broad SMARTS) is 1. The van der Waals surface area contributed by atoms with Gasteiger partial charge in [-0.15, -0.1) is 0 Å². The molecule has 1 heterocycles. The normalized spacial score (nSPS) is 10.3. The molecule has 10 nitrogen and oxygen atoms in total. The van der Waals surface area contributed by atoms with Crippen molar-refractivity contribution in [1.82, 2.24) is 15.4 Å². The highest BCUT2D eigenvalue weighted by atomic mass is 16.5. The zero-order valence-corrected chi connectivity index (χ0v) is 13.7. The van der Waals surface area contributed by atoms with Gasteiger partial charge in [0, 0.05) is 18.6 Å². The zero-order valence-electron chi connectivity index (χ0n) is 13.7. The van der Waals surface area contributed by atoms with E-state index in [0.717, 1.165) is 0 Å². The van der Waals surface area contributed by atoms with Crippen LogP contribution < -0.4 is 19.9 Å². The van der Waals surface area contributed by atoms with Gasteiger partial charge in [-0.25, -0.2) is 0 Å². The molecule has 0 aliphatic heterocycles. The predicted molar refractivity (Wildman–Crippen MR) is 85.8 cm³/mol. The van der Waals surface area contributed by atoms with Gasteiger partial charge in [-0.1, -0.05) is 0 Å². The van der Waals surface area contributed by atoms with Crippen molar-refractivity contribution in [2.24, 2.45) is 5.73 Å². The number of carbonyl (C=O) groups is 2. The molecule has 2 aromatic rings. The number of nitrogens with one attached hydrogen (secondary N) is 1. The predicted octanol–water partition coefficient (Wildman–Crippen LogP) is 0.831. The average molecular weight is 350 g/mol. The SMILES string of the molecule is COc1cc(OCCCC(=O)O)cc(OC)c1-c1n[nH]nc1C(N)=O. The van der Waals surface area contributed by atoms with E-state index in [1.807, 2.05) is 0 Å². The molecular weight excluding hydrogens is 332 g/mol. The molecule has 0 bridgehead atoms. The van der Waals surface area contributed by atoms with E-state index in [1.165, 1.54) is 14.2 Å². The van der Waals surface area contributed by atoms with Crippen molar-refractivity contribution in [1.29, 1.82) is 0 Å². The number of aromatic nitrogens is 3. The summed E-state index contributed by atoms with van der Waals surface area (Å²) < 4.78 is 16.2. The number of H-pyrrole nitrogens is 1. The molecule has 1 aromatic carbocycles. The van der Waals surface area contributed by atoms with Crippen LogP contribution in [0.15, 0.2) is 12.1 Å². The minimum atomic E-state index is -0.890. The van der Waals surface area contributed by atoms with E-state index in [4.69, 9.17) is 25.1 Å². The molecule has 0 saturated heterocycles. The summed E-state index contributed by atoms with van der Waals surface area (Å²) in [5.41, 5.74) is 5.84. The number of nitrogens with two attached hydrogens (primary N) is 1. The molecule has 1 aromatic heterocycles. The topological polar surface area (TPSA) is 150 Å². The van der Waals surface area contributed by atoms with Crippen LogP contribution in [-0.4, -0.2) is 53.2 Å². The largest absolute Gasteiger partial charge is 0.496 e. The van der Waals surface area contributed by atoms with Crippen LogP contribution in [-0.2, 0) is 4.79 Å². The third-order valence-corrected chi connectivity index (χ3v) is 3.30. The van der Waals surface area contributed by atoms with Gasteiger partial charge in [-0.2, -0.15) is 15.4 Å². The van der Waals surface area contributed by atoms with Crippen molar-refractivity contribution < 1.29 is 28.9 Å². The van der Waals surface area contributed by atoms with E-state index < -0.39 is 11.9 Å². The van der Waals surface area contributed by atoms with Crippen molar-refractivity contribution >= 4 is 11.9 Å². The highest BCUT2D eigenvalue weighted by Crippen LogP contribution is 2.41. The molecule has 10 heteroatoms. The van der Waals surface area contributed by atoms with Crippen molar-refractivity contribution in [3.05, 3.63) is 17.8 Å². The number of hydrogen-bond donors (Lipinski definition) is 3. The highest BCUT2D eigenvalue weighted by Gasteiger charge is 2.23. The Labute approximate surface area is 142 Å². The summed E-state index contributed by atoms with van der Waals surface area (Å²) in [6, 6.07) is 3.16. The number of amides is 1. The Hall–Kier alpha value is -3.30. The van der Waals surface area contributed by atoms with Gasteiger partial charge in [-0.05, 0) is 6.42 Å². The minimum absolute atomic E-state index is 0.00721. The molecule has 0 aliphatic rings. The molecule has 0 unspecified atom stereocenters. The van der Waals surface area contributed by atoms with Gasteiger partial charge in [-0.3, -0.25) is 9.59 Å². The zero-order chi connectivity index (χ0) is 18.4. The van der Waals surface area contributed by atoms with Crippen LogP contribution in [0.2, 0.25) is 0 Å². The molecule has 1 amide bonds. The van der Waals surface area contributed by atoms with Crippen molar-refractivity contribution in [3.63, 3.8) is 0 Å². The van der Waals surface area contributed by atoms with Crippen LogP contribution >= 0.6 is 0 Å². The van der Waals surface area contributed by atoms with Crippen LogP contribution in [0.4, 0.5) is 0 Å². The minimum Gasteiger partial charge on any atom is -0.496 e. The summed E-state index contributed by atoms with van der Waals surface area (Å²) in [5, 5.41) is 18.7. The Kier molecular flexibility index (Phi) is 5.77. The Morgan fingerprint density at radius 2 is 1.84 bits per heavy atom. The summed E-state index contributed by atoms with van der Waals surface area (Å²) in [6.45, 7) is 0.217. The third kappa shape index (κ3) is 4.16. The lowest BCUT2D eigenvalue weighted by Gasteiger charge is -2.15. The van der Waals surface area contributed by atoms with Crippen LogP contribution in [0.25, 0.3) is 11.3 Å². The first-order valence-electron chi connectivity index (χ1n) is 7.29. The van der Waals surface area contributed by atoms with Crippen LogP contribution in [0.1, 0.15) is 23.3 Å². The molecule has 0 radical (unpaired) electrons. The molecule has 134 valence electrons. The van der Waals surface area contributed by atoms with Gasteiger partial charge < -0.3 is 25.1 Å². The number of benzene rings is 1. The number of aliphatic carboxylic acids is 1. The van der Waals surface area contributed by atoms with Crippen molar-refractivity contribution in [2.75, 3.05) is 20.8 Å². The molecule has 0 aliphatic carbocycles. The van der Waals surface area contributed by atoms with Crippen LogP contribution in [0.5, 0.6) is 17.2 Å². The van der Waals surface area contributed by atoms with E-state index in [9.17, 15) is 9.59 Å². The average Bonchev–Trinajstić information content (AvgIpc) is 3.07. The number of carboxylic acids is 1. The Morgan fingerprint density at radius 3 is 2.36 bits per heavy atom. The quantitative estimate of drug-likeness (QED) is 0.563. The monoisotopic (exact) mass is 350 g/mol. The first kappa shape index (κ1) is 18.0. The number of carbonyl (C=O) groups excluding carboxylic acids is 1. The number of nitrogens with zero attached hydrogens (tertiary/aromatic N) is 2. The summed E-state index contributed by atoms with van der Waals surface area (Å²) in [4.78, 5) is 22.0. The number of methoxy groups -OCH3 is 2. The molecule has 0 atom stereocenters. The molecule has 4 N–H and O–H groups in total. The fourth-order valence-electron chi connectivity index (χ4n) is 2.19. The van der Waals surface area contributed by atoms with Gasteiger partial charge in [0.1, 0.15) is 22.9 Å². The van der Waals surface area contributed by atoms with Crippen molar-refractivity contribution in [2.45, 2.75) is 12.8 Å². The van der Waals surface area contributed by atoms with E-state index in [1.54, 1.807) is 12.1 Å². The second kappa shape index (κ2) is 7.99. The fourth-order valence-corrected chi connectivity index (χ4v) is 2.19. The van der Waals surface area contributed by atoms with E-state index in [0.29, 0.717) is 29.2 Å². The van der Waals surface area contributed by atoms with Crippen molar-refractivity contribution in [3.8, 4) is 28.5 Å². The second-order valence-corrected chi connectivity index (χ2v) is 4.93. The number of rotatable bonds is 9. The van der Waals surface area contributed by atoms with Gasteiger partial charge in [0.25, 0.3) is 5.91 Å². The number of primary amides is 1. The summed E-state index contributed by atoms with van der Waals surface area (Å²) in [6.07, 6.45) is 0.365. The Balaban J connectivity index is 2.36. The van der Waals surface area contributed by atoms with Crippen LogP contribution in [0, 0.1) is 0 Å². The van der Waals surface area contributed by atoms with Gasteiger partial charge in [0.05, 0.1) is 26.4 Å². The number of aromatic amines is 1. The van der Waals surface area contributed by atoms with Crippen LogP contribution in [0.3, 0.4) is 0 Å². The maximum atomic E-state index is 11.5. The van der Waals surface area contributed by atoms with Gasteiger partial charge in [0.2, 0.25) is 0 Å². The molecule has 0 spiro atoms. The molecule has 0 saturated carbocycles. The second-order valence-electron chi connectivity index (χ2n) is 4.93. The molecule has 2 rings (SSSR count). The highest BCUT2D eigenvalue weighted by molar-refractivity contribution is 5.98. The van der Waals surface area contributed by atoms with E-state index in [-0.39, 0.29) is 24.4 Å². The number of ether oxygens (including phenoxy) is 3. The smallest absolute Gasteiger partial charge is 0.303 e. The fraction of sp³-hybridized carbons (Fsp3) is 0.333. The first-order valence-corrected chi connectivity index (χ1v) is 7.29. The van der Waals surface area contributed by atoms with Gasteiger partial charge in [0.15, 0.2) is 5.69 Å². The Morgan fingerprint density at radius 1 is 1.20 bits per heavy atom. The standard InChI is InChI=1S/C15H18N4O6/c1-23-9-6-8(25-5-3-4-11(20)21)7-10(24-2)12(9)13-14(15(16)22)18-19-17-13/h6-7H,3-5H2,1-2H3,(H2,16,22)(H,20,21)(H,17,18,19). The molecule has 0 fully saturated rings. The lowest BCUT2D eigenvalue weighted by Crippen LogP contribution is -2.13. The summed E-state index contributed by atoms with van der Waals surface area (Å²) in [7, 11) is 2.88. The summed E-state index contributed by atoms with van der Waals surface area (Å²) in [5.74, 6) is -0.541. The van der Waals surface area contributed by atoms with E-state index in [2.05, 4.69) is 15.4 Å².